The van der Waals surface area contributed by atoms with E-state index >= 15 is 0 Å². The molecule has 1 atom stereocenters. The zero-order valence-electron chi connectivity index (χ0n) is 22.2. The van der Waals surface area contributed by atoms with E-state index in [1.54, 1.807) is 11.5 Å². The number of benzene rings is 2. The molecule has 1 aliphatic rings. The monoisotopic (exact) mass is 527 g/mol. The Morgan fingerprint density at radius 2 is 1.74 bits per heavy atom. The van der Waals surface area contributed by atoms with E-state index in [0.29, 0.717) is 20.6 Å². The van der Waals surface area contributed by atoms with Crippen molar-refractivity contribution in [3.05, 3.63) is 108 Å². The summed E-state index contributed by atoms with van der Waals surface area (Å²) in [6, 6.07) is 17.1. The van der Waals surface area contributed by atoms with Gasteiger partial charge in [0.2, 0.25) is 0 Å². The lowest BCUT2D eigenvalue weighted by Gasteiger charge is -2.25. The number of anilines is 1. The van der Waals surface area contributed by atoms with Gasteiger partial charge in [-0.1, -0.05) is 41.7 Å². The molecule has 194 valence electrons. The van der Waals surface area contributed by atoms with Crippen molar-refractivity contribution in [2.24, 2.45) is 4.99 Å². The smallest absolute Gasteiger partial charge is 0.338 e. The van der Waals surface area contributed by atoms with E-state index in [4.69, 9.17) is 9.84 Å². The topological polar surface area (TPSA) is 81.7 Å². The molecule has 1 aliphatic heterocycles. The summed E-state index contributed by atoms with van der Waals surface area (Å²) in [6.45, 7) is 5.71. The van der Waals surface area contributed by atoms with Gasteiger partial charge >= 0.3 is 5.97 Å². The van der Waals surface area contributed by atoms with Gasteiger partial charge in [0, 0.05) is 31.0 Å². The lowest BCUT2D eigenvalue weighted by Crippen LogP contribution is -2.39. The Morgan fingerprint density at radius 3 is 2.37 bits per heavy atom. The van der Waals surface area contributed by atoms with Gasteiger partial charge in [0.25, 0.3) is 5.56 Å². The first-order valence-corrected chi connectivity index (χ1v) is 13.0. The van der Waals surface area contributed by atoms with Crippen LogP contribution in [0.3, 0.4) is 0 Å². The first-order chi connectivity index (χ1) is 18.2. The van der Waals surface area contributed by atoms with Crippen molar-refractivity contribution in [1.82, 2.24) is 14.3 Å². The SMILES string of the molecule is COC(=O)C1=C(C)N=c2s/c(=C/c3c(C)nn(-c4ccccc4)c3C)c(=O)n2[C@@H]1c1ccc(N(C)C)cc1. The van der Waals surface area contributed by atoms with Crippen LogP contribution in [-0.2, 0) is 9.53 Å². The number of hydrogen-bond donors (Lipinski definition) is 0. The molecule has 4 aromatic rings. The summed E-state index contributed by atoms with van der Waals surface area (Å²) in [4.78, 5) is 34.0. The van der Waals surface area contributed by atoms with Gasteiger partial charge in [-0.3, -0.25) is 9.36 Å². The summed E-state index contributed by atoms with van der Waals surface area (Å²) >= 11 is 1.31. The van der Waals surface area contributed by atoms with Crippen molar-refractivity contribution in [3.63, 3.8) is 0 Å². The second-order valence-electron chi connectivity index (χ2n) is 9.39. The van der Waals surface area contributed by atoms with Crippen molar-refractivity contribution in [2.75, 3.05) is 26.1 Å². The summed E-state index contributed by atoms with van der Waals surface area (Å²) in [6.07, 6.45) is 1.88. The van der Waals surface area contributed by atoms with Crippen LogP contribution in [0.5, 0.6) is 0 Å². The van der Waals surface area contributed by atoms with Crippen molar-refractivity contribution in [2.45, 2.75) is 26.8 Å². The van der Waals surface area contributed by atoms with Crippen LogP contribution in [-0.4, -0.2) is 41.5 Å². The highest BCUT2D eigenvalue weighted by molar-refractivity contribution is 7.07. The minimum Gasteiger partial charge on any atom is -0.466 e. The van der Waals surface area contributed by atoms with Crippen LogP contribution < -0.4 is 19.8 Å². The van der Waals surface area contributed by atoms with E-state index in [1.807, 2.05) is 98.2 Å². The van der Waals surface area contributed by atoms with Gasteiger partial charge in [-0.25, -0.2) is 14.5 Å². The number of fused-ring (bicyclic) bond motifs is 1. The maximum Gasteiger partial charge on any atom is 0.338 e. The van der Waals surface area contributed by atoms with E-state index in [9.17, 15) is 9.59 Å². The van der Waals surface area contributed by atoms with Gasteiger partial charge in [-0.2, -0.15) is 5.10 Å². The largest absolute Gasteiger partial charge is 0.466 e. The zero-order chi connectivity index (χ0) is 27.1. The fourth-order valence-electron chi connectivity index (χ4n) is 4.78. The highest BCUT2D eigenvalue weighted by atomic mass is 32.1. The molecule has 0 unspecified atom stereocenters. The number of carbonyl (C=O) groups excluding carboxylic acids is 1. The molecule has 2 aromatic carbocycles. The number of nitrogens with zero attached hydrogens (tertiary/aromatic N) is 5. The van der Waals surface area contributed by atoms with Crippen LogP contribution in [0.1, 0.15) is 35.5 Å². The fourth-order valence-corrected chi connectivity index (χ4v) is 5.81. The molecular weight excluding hydrogens is 498 g/mol. The third-order valence-electron chi connectivity index (χ3n) is 6.78. The van der Waals surface area contributed by atoms with Crippen LogP contribution in [0.15, 0.2) is 75.7 Å². The van der Waals surface area contributed by atoms with Gasteiger partial charge in [0.15, 0.2) is 4.80 Å². The third kappa shape index (κ3) is 4.28. The lowest BCUT2D eigenvalue weighted by atomic mass is 9.95. The molecule has 9 heteroatoms. The Labute approximate surface area is 224 Å². The number of carbonyl (C=O) groups is 1. The van der Waals surface area contributed by atoms with Crippen molar-refractivity contribution < 1.29 is 9.53 Å². The predicted octanol–water partition coefficient (Wildman–Crippen LogP) is 3.28. The molecule has 5 rings (SSSR count). The van der Waals surface area contributed by atoms with Gasteiger partial charge in [-0.15, -0.1) is 0 Å². The number of para-hydroxylation sites is 1. The Morgan fingerprint density at radius 1 is 1.05 bits per heavy atom. The quantitative estimate of drug-likeness (QED) is 0.372. The number of ether oxygens (including phenoxy) is 1. The average molecular weight is 528 g/mol. The molecule has 0 radical (unpaired) electrons. The van der Waals surface area contributed by atoms with Crippen LogP contribution in [0, 0.1) is 13.8 Å². The van der Waals surface area contributed by atoms with Crippen molar-refractivity contribution in [1.29, 1.82) is 0 Å². The number of allylic oxidation sites excluding steroid dienone is 1. The van der Waals surface area contributed by atoms with Gasteiger partial charge in [0.05, 0.1) is 40.3 Å². The molecule has 8 nitrogen and oxygen atoms in total. The molecule has 2 aromatic heterocycles. The molecular formula is C29H29N5O3S. The second-order valence-corrected chi connectivity index (χ2v) is 10.4. The normalized spacial score (nSPS) is 15.3. The minimum atomic E-state index is -0.647. The summed E-state index contributed by atoms with van der Waals surface area (Å²) in [5.41, 5.74) is 6.09. The number of esters is 1. The number of methoxy groups -OCH3 is 1. The highest BCUT2D eigenvalue weighted by Crippen LogP contribution is 2.31. The molecule has 0 bridgehead atoms. The number of thiazole rings is 1. The Balaban J connectivity index is 1.70. The summed E-state index contributed by atoms with van der Waals surface area (Å²) in [7, 11) is 5.27. The summed E-state index contributed by atoms with van der Waals surface area (Å²) in [5, 5.41) is 4.72. The molecule has 0 aliphatic carbocycles. The summed E-state index contributed by atoms with van der Waals surface area (Å²) < 4.78 is 9.12. The average Bonchev–Trinajstić information content (AvgIpc) is 3.38. The Hall–Kier alpha value is -4.24. The van der Waals surface area contributed by atoms with Crippen molar-refractivity contribution >= 4 is 29.1 Å². The predicted molar refractivity (Wildman–Crippen MR) is 150 cm³/mol. The number of hydrogen-bond acceptors (Lipinski definition) is 7. The van der Waals surface area contributed by atoms with E-state index in [-0.39, 0.29) is 5.56 Å². The molecule has 0 amide bonds. The van der Waals surface area contributed by atoms with Gasteiger partial charge in [0.1, 0.15) is 0 Å². The molecule has 0 spiro atoms. The van der Waals surface area contributed by atoms with Gasteiger partial charge < -0.3 is 9.64 Å². The van der Waals surface area contributed by atoms with Crippen LogP contribution in [0.4, 0.5) is 5.69 Å². The minimum absolute atomic E-state index is 0.212. The van der Waals surface area contributed by atoms with E-state index < -0.39 is 12.0 Å². The number of aryl methyl sites for hydroxylation is 1. The highest BCUT2D eigenvalue weighted by Gasteiger charge is 2.33. The molecule has 0 saturated carbocycles. The standard InChI is InChI=1S/C29H29N5O3S/c1-17-23(19(3)34(31-17)22-10-8-7-9-11-22)16-24-27(35)33-26(20-12-14-21(15-13-20)32(4)5)25(28(36)37-6)18(2)30-29(33)38-24/h7-16,26H,1-6H3/b24-16+/t26-/m1/s1. The maximum absolute atomic E-state index is 13.9. The maximum atomic E-state index is 13.9. The Bertz CT molecular complexity index is 1740. The lowest BCUT2D eigenvalue weighted by molar-refractivity contribution is -0.136. The fraction of sp³-hybridized carbons (Fsp3) is 0.241. The molecule has 3 heterocycles. The van der Waals surface area contributed by atoms with Crippen LogP contribution >= 0.6 is 11.3 Å². The molecule has 0 fully saturated rings. The molecule has 0 N–H and O–H groups in total. The second kappa shape index (κ2) is 9.90. The zero-order valence-corrected chi connectivity index (χ0v) is 23.0. The van der Waals surface area contributed by atoms with Gasteiger partial charge in [-0.05, 0) is 56.7 Å². The first kappa shape index (κ1) is 25.4. The molecule has 38 heavy (non-hydrogen) atoms. The first-order valence-electron chi connectivity index (χ1n) is 12.2. The van der Waals surface area contributed by atoms with E-state index in [1.165, 1.54) is 18.4 Å². The Kier molecular flexibility index (Phi) is 6.62. The van der Waals surface area contributed by atoms with Crippen LogP contribution in [0.2, 0.25) is 0 Å². The van der Waals surface area contributed by atoms with E-state index in [2.05, 4.69) is 4.99 Å². The third-order valence-corrected chi connectivity index (χ3v) is 7.76. The van der Waals surface area contributed by atoms with Crippen molar-refractivity contribution in [3.8, 4) is 5.69 Å². The summed E-state index contributed by atoms with van der Waals surface area (Å²) in [5.74, 6) is -0.502. The number of aromatic nitrogens is 3. The molecule has 0 saturated heterocycles. The van der Waals surface area contributed by atoms with Crippen LogP contribution in [0.25, 0.3) is 11.8 Å². The number of rotatable bonds is 5. The van der Waals surface area contributed by atoms with E-state index in [0.717, 1.165) is 33.9 Å².